The van der Waals surface area contributed by atoms with Crippen LogP contribution in [0.3, 0.4) is 0 Å². The average molecular weight is 412 g/mol. The van der Waals surface area contributed by atoms with Crippen LogP contribution >= 0.6 is 23.2 Å². The standard InChI is InChI=1S/C22H17Cl2N2O2/c1-28-12-13-5-6-17-20(9-13)26(11-14-7-15(23)10-16(24)8-14)19-4-2-3-18(21(17)19)22(25)27/h2-5,7-10H,11-12H2,1H3,(H2,25,27). The van der Waals surface area contributed by atoms with Crippen molar-refractivity contribution in [3.05, 3.63) is 81.3 Å². The normalized spacial score (nSPS) is 11.4. The largest absolute Gasteiger partial charge is 0.380 e. The van der Waals surface area contributed by atoms with E-state index in [1.54, 1.807) is 19.2 Å². The van der Waals surface area contributed by atoms with Gasteiger partial charge in [0, 0.05) is 40.0 Å². The maximum atomic E-state index is 12.0. The number of hydrogen-bond donors (Lipinski definition) is 1. The zero-order chi connectivity index (χ0) is 19.8. The predicted octanol–water partition coefficient (Wildman–Crippen LogP) is 5.20. The van der Waals surface area contributed by atoms with Gasteiger partial charge in [-0.25, -0.2) is 0 Å². The van der Waals surface area contributed by atoms with E-state index >= 15 is 0 Å². The molecule has 3 aromatic carbocycles. The van der Waals surface area contributed by atoms with E-state index in [1.165, 1.54) is 0 Å². The van der Waals surface area contributed by atoms with Crippen LogP contribution in [0.2, 0.25) is 10.0 Å². The van der Waals surface area contributed by atoms with Gasteiger partial charge in [-0.15, -0.1) is 0 Å². The molecule has 1 heterocycles. The molecule has 1 radical (unpaired) electrons. The molecule has 141 valence electrons. The van der Waals surface area contributed by atoms with Crippen molar-refractivity contribution in [2.45, 2.75) is 13.2 Å². The summed E-state index contributed by atoms with van der Waals surface area (Å²) in [5.74, 6) is -0.468. The molecule has 0 aliphatic carbocycles. The summed E-state index contributed by atoms with van der Waals surface area (Å²) in [7, 11) is 1.65. The Balaban J connectivity index is 2.02. The first-order valence-corrected chi connectivity index (χ1v) is 9.42. The monoisotopic (exact) mass is 411 g/mol. The van der Waals surface area contributed by atoms with E-state index in [9.17, 15) is 4.79 Å². The van der Waals surface area contributed by atoms with E-state index in [-0.39, 0.29) is 0 Å². The number of carbonyl (C=O) groups is 1. The third-order valence-corrected chi connectivity index (χ3v) is 5.13. The molecule has 6 heteroatoms. The van der Waals surface area contributed by atoms with Crippen molar-refractivity contribution < 1.29 is 9.53 Å². The second-order valence-corrected chi connectivity index (χ2v) is 7.50. The van der Waals surface area contributed by atoms with Gasteiger partial charge >= 0.3 is 0 Å². The molecule has 0 unspecified atom stereocenters. The van der Waals surface area contributed by atoms with Gasteiger partial charge in [0.25, 0.3) is 0 Å². The third kappa shape index (κ3) is 3.35. The van der Waals surface area contributed by atoms with Gasteiger partial charge in [0.15, 0.2) is 0 Å². The first-order valence-electron chi connectivity index (χ1n) is 8.67. The second-order valence-electron chi connectivity index (χ2n) is 6.63. The number of benzene rings is 3. The second kappa shape index (κ2) is 7.47. The zero-order valence-corrected chi connectivity index (χ0v) is 16.6. The lowest BCUT2D eigenvalue weighted by atomic mass is 10.0. The maximum absolute atomic E-state index is 12.0. The van der Waals surface area contributed by atoms with Gasteiger partial charge in [0.05, 0.1) is 17.6 Å². The highest BCUT2D eigenvalue weighted by molar-refractivity contribution is 6.34. The number of halogens is 2. The average Bonchev–Trinajstić information content (AvgIpc) is 2.94. The highest BCUT2D eigenvalue weighted by Crippen LogP contribution is 2.33. The number of nitrogens with zero attached hydrogens (tertiary/aromatic N) is 1. The number of primary amides is 1. The molecule has 0 bridgehead atoms. The predicted molar refractivity (Wildman–Crippen MR) is 113 cm³/mol. The smallest absolute Gasteiger partial charge is 0.249 e. The number of amides is 1. The molecular weight excluding hydrogens is 395 g/mol. The molecule has 0 saturated carbocycles. The molecule has 0 atom stereocenters. The molecule has 0 saturated heterocycles. The van der Waals surface area contributed by atoms with Gasteiger partial charge < -0.3 is 15.0 Å². The summed E-state index contributed by atoms with van der Waals surface area (Å²) in [5, 5.41) is 2.79. The summed E-state index contributed by atoms with van der Waals surface area (Å²) in [5.41, 5.74) is 9.89. The molecule has 1 amide bonds. The fourth-order valence-electron chi connectivity index (χ4n) is 3.61. The molecule has 28 heavy (non-hydrogen) atoms. The summed E-state index contributed by atoms with van der Waals surface area (Å²) < 4.78 is 7.38. The molecule has 4 aromatic rings. The van der Waals surface area contributed by atoms with E-state index in [4.69, 9.17) is 33.7 Å². The molecule has 0 spiro atoms. The number of carbonyl (C=O) groups excluding carboxylic acids is 1. The fourth-order valence-corrected chi connectivity index (χ4v) is 4.18. The zero-order valence-electron chi connectivity index (χ0n) is 15.1. The molecule has 0 fully saturated rings. The quantitative estimate of drug-likeness (QED) is 0.490. The first kappa shape index (κ1) is 18.8. The lowest BCUT2D eigenvalue weighted by Gasteiger charge is -2.10. The first-order chi connectivity index (χ1) is 13.5. The van der Waals surface area contributed by atoms with Crippen LogP contribution < -0.4 is 5.73 Å². The number of ether oxygens (including phenoxy) is 1. The van der Waals surface area contributed by atoms with Gasteiger partial charge in [0.2, 0.25) is 5.91 Å². The fraction of sp³-hybridized carbons (Fsp3) is 0.136. The maximum Gasteiger partial charge on any atom is 0.249 e. The molecule has 0 aliphatic heterocycles. The summed E-state index contributed by atoms with van der Waals surface area (Å²) >= 11 is 12.4. The Hall–Kier alpha value is -2.53. The highest BCUT2D eigenvalue weighted by Gasteiger charge is 2.17. The lowest BCUT2D eigenvalue weighted by molar-refractivity contribution is 0.100. The van der Waals surface area contributed by atoms with E-state index in [1.807, 2.05) is 36.4 Å². The number of methoxy groups -OCH3 is 1. The molecule has 2 N–H and O–H groups in total. The van der Waals surface area contributed by atoms with Gasteiger partial charge in [-0.3, -0.25) is 4.79 Å². The number of hydrogen-bond acceptors (Lipinski definition) is 2. The Morgan fingerprint density at radius 3 is 2.54 bits per heavy atom. The topological polar surface area (TPSA) is 57.2 Å². The summed E-state index contributed by atoms with van der Waals surface area (Å²) in [4.78, 5) is 12.0. The Morgan fingerprint density at radius 2 is 1.86 bits per heavy atom. The molecular formula is C22H17Cl2N2O2. The van der Waals surface area contributed by atoms with Crippen LogP contribution in [0.15, 0.2) is 48.5 Å². The van der Waals surface area contributed by atoms with Crippen LogP contribution in [-0.2, 0) is 17.9 Å². The minimum Gasteiger partial charge on any atom is -0.380 e. The van der Waals surface area contributed by atoms with Crippen molar-refractivity contribution in [3.63, 3.8) is 0 Å². The van der Waals surface area contributed by atoms with Crippen molar-refractivity contribution in [1.29, 1.82) is 0 Å². The number of fused-ring (bicyclic) bond motifs is 3. The van der Waals surface area contributed by atoms with Crippen LogP contribution in [0, 0.1) is 6.07 Å². The van der Waals surface area contributed by atoms with Crippen molar-refractivity contribution in [1.82, 2.24) is 4.57 Å². The molecule has 1 aromatic heterocycles. The summed E-state index contributed by atoms with van der Waals surface area (Å²) in [6, 6.07) is 18.2. The van der Waals surface area contributed by atoms with Gasteiger partial charge in [-0.05, 0) is 59.7 Å². The summed E-state index contributed by atoms with van der Waals surface area (Å²) in [6.07, 6.45) is 0. The Bertz CT molecular complexity index is 1190. The van der Waals surface area contributed by atoms with E-state index in [0.717, 1.165) is 32.9 Å². The molecule has 0 aliphatic rings. The Morgan fingerprint density at radius 1 is 1.11 bits per heavy atom. The molecule has 4 nitrogen and oxygen atoms in total. The van der Waals surface area contributed by atoms with Crippen molar-refractivity contribution >= 4 is 50.9 Å². The van der Waals surface area contributed by atoms with Crippen LogP contribution in [0.5, 0.6) is 0 Å². The van der Waals surface area contributed by atoms with Crippen molar-refractivity contribution in [3.8, 4) is 0 Å². The van der Waals surface area contributed by atoms with E-state index < -0.39 is 5.91 Å². The number of rotatable bonds is 5. The summed E-state index contributed by atoms with van der Waals surface area (Å²) in [6.45, 7) is 1.01. The third-order valence-electron chi connectivity index (χ3n) is 4.69. The number of aromatic nitrogens is 1. The Labute approximate surface area is 172 Å². The van der Waals surface area contributed by atoms with Crippen LogP contribution in [0.25, 0.3) is 21.8 Å². The van der Waals surface area contributed by atoms with Crippen LogP contribution in [0.1, 0.15) is 21.5 Å². The molecule has 4 rings (SSSR count). The van der Waals surface area contributed by atoms with Gasteiger partial charge in [0.1, 0.15) is 0 Å². The van der Waals surface area contributed by atoms with Crippen molar-refractivity contribution in [2.75, 3.05) is 7.11 Å². The minimum absolute atomic E-state index is 0.468. The van der Waals surface area contributed by atoms with E-state index in [0.29, 0.717) is 28.8 Å². The highest BCUT2D eigenvalue weighted by atomic mass is 35.5. The van der Waals surface area contributed by atoms with Crippen LogP contribution in [-0.4, -0.2) is 17.6 Å². The van der Waals surface area contributed by atoms with Gasteiger partial charge in [-0.2, -0.15) is 0 Å². The van der Waals surface area contributed by atoms with E-state index in [2.05, 4.69) is 10.6 Å². The Kier molecular flexibility index (Phi) is 5.02. The SMILES string of the molecule is COCc1c[c]c2c3c(C(N)=O)cccc3n(Cc3cc(Cl)cc(Cl)c3)c2c1. The van der Waals surface area contributed by atoms with Crippen LogP contribution in [0.4, 0.5) is 0 Å². The number of nitrogens with two attached hydrogens (primary N) is 1. The van der Waals surface area contributed by atoms with Crippen molar-refractivity contribution in [2.24, 2.45) is 5.73 Å². The lowest BCUT2D eigenvalue weighted by Crippen LogP contribution is -2.11. The van der Waals surface area contributed by atoms with Gasteiger partial charge in [-0.1, -0.05) is 29.3 Å². The minimum atomic E-state index is -0.468.